The summed E-state index contributed by atoms with van der Waals surface area (Å²) in [6, 6.07) is 7.95. The summed E-state index contributed by atoms with van der Waals surface area (Å²) in [4.78, 5) is 0. The van der Waals surface area contributed by atoms with E-state index in [4.69, 9.17) is 4.74 Å². The van der Waals surface area contributed by atoms with Crippen LogP contribution in [0.25, 0.3) is 0 Å². The average molecular weight is 326 g/mol. The standard InChI is InChI=1S/C10H11Br2FO/c1-8-2-4-9(5-3-8)6-14-7-10(11,12)13/h2-5H,6-7H2,1H3. The molecule has 0 N–H and O–H groups in total. The van der Waals surface area contributed by atoms with Crippen molar-refractivity contribution >= 4 is 31.9 Å². The molecule has 0 bridgehead atoms. The summed E-state index contributed by atoms with van der Waals surface area (Å²) >= 11 is 5.58. The molecule has 1 rings (SSSR count). The van der Waals surface area contributed by atoms with E-state index in [1.54, 1.807) is 0 Å². The second kappa shape index (κ2) is 5.24. The van der Waals surface area contributed by atoms with Crippen molar-refractivity contribution in [1.29, 1.82) is 0 Å². The fourth-order valence-corrected chi connectivity index (χ4v) is 1.29. The maximum absolute atomic E-state index is 12.9. The zero-order chi connectivity index (χ0) is 10.6. The highest BCUT2D eigenvalue weighted by atomic mass is 79.9. The van der Waals surface area contributed by atoms with Crippen LogP contribution < -0.4 is 0 Å². The Morgan fingerprint density at radius 1 is 1.29 bits per heavy atom. The summed E-state index contributed by atoms with van der Waals surface area (Å²) in [5.41, 5.74) is 2.24. The molecule has 1 aromatic carbocycles. The van der Waals surface area contributed by atoms with Gasteiger partial charge in [0.15, 0.2) is 0 Å². The Balaban J connectivity index is 2.35. The maximum atomic E-state index is 12.9. The van der Waals surface area contributed by atoms with E-state index in [1.807, 2.05) is 31.2 Å². The van der Waals surface area contributed by atoms with Crippen molar-refractivity contribution in [1.82, 2.24) is 0 Å². The van der Waals surface area contributed by atoms with Gasteiger partial charge in [-0.25, -0.2) is 4.39 Å². The van der Waals surface area contributed by atoms with Crippen molar-refractivity contribution in [3.63, 3.8) is 0 Å². The molecule has 0 unspecified atom stereocenters. The van der Waals surface area contributed by atoms with Gasteiger partial charge in [0.05, 0.1) is 6.61 Å². The van der Waals surface area contributed by atoms with Gasteiger partial charge in [0, 0.05) is 0 Å². The first kappa shape index (κ1) is 12.1. The number of hydrogen-bond acceptors (Lipinski definition) is 1. The van der Waals surface area contributed by atoms with E-state index < -0.39 is 3.49 Å². The van der Waals surface area contributed by atoms with Crippen molar-refractivity contribution in [2.45, 2.75) is 17.0 Å². The van der Waals surface area contributed by atoms with Crippen LogP contribution in [0.3, 0.4) is 0 Å². The third kappa shape index (κ3) is 5.08. The fraction of sp³-hybridized carbons (Fsp3) is 0.400. The molecule has 4 heteroatoms. The summed E-state index contributed by atoms with van der Waals surface area (Å²) in [7, 11) is 0. The van der Waals surface area contributed by atoms with Gasteiger partial charge in [-0.05, 0) is 44.3 Å². The number of aryl methyl sites for hydroxylation is 1. The predicted molar refractivity (Wildman–Crippen MR) is 62.5 cm³/mol. The lowest BCUT2D eigenvalue weighted by molar-refractivity contribution is 0.0912. The molecule has 1 aromatic rings. The zero-order valence-corrected chi connectivity index (χ0v) is 10.9. The number of ether oxygens (including phenoxy) is 1. The largest absolute Gasteiger partial charge is 0.372 e. The second-order valence-electron chi connectivity index (χ2n) is 3.09. The van der Waals surface area contributed by atoms with E-state index in [2.05, 4.69) is 31.9 Å². The van der Waals surface area contributed by atoms with Gasteiger partial charge in [0.1, 0.15) is 6.61 Å². The highest BCUT2D eigenvalue weighted by Gasteiger charge is 2.20. The van der Waals surface area contributed by atoms with Crippen LogP contribution in [0.5, 0.6) is 0 Å². The molecule has 0 atom stereocenters. The minimum Gasteiger partial charge on any atom is -0.372 e. The highest BCUT2D eigenvalue weighted by Crippen LogP contribution is 2.27. The number of hydrogen-bond donors (Lipinski definition) is 0. The molecule has 78 valence electrons. The SMILES string of the molecule is Cc1ccc(COCC(F)(Br)Br)cc1. The summed E-state index contributed by atoms with van der Waals surface area (Å²) in [5.74, 6) is 0. The van der Waals surface area contributed by atoms with Gasteiger partial charge in [0.2, 0.25) is 3.49 Å². The molecule has 0 spiro atoms. The third-order valence-corrected chi connectivity index (χ3v) is 2.11. The van der Waals surface area contributed by atoms with Gasteiger partial charge in [-0.2, -0.15) is 0 Å². The van der Waals surface area contributed by atoms with Crippen molar-refractivity contribution in [3.8, 4) is 0 Å². The molecule has 0 fully saturated rings. The average Bonchev–Trinajstić information content (AvgIpc) is 2.06. The first-order valence-corrected chi connectivity index (χ1v) is 5.76. The van der Waals surface area contributed by atoms with Crippen LogP contribution in [0.4, 0.5) is 4.39 Å². The molecular weight excluding hydrogens is 315 g/mol. The number of rotatable bonds is 4. The summed E-state index contributed by atoms with van der Waals surface area (Å²) < 4.78 is 16.4. The summed E-state index contributed by atoms with van der Waals surface area (Å²) in [5, 5.41) is 0. The van der Waals surface area contributed by atoms with Crippen molar-refractivity contribution < 1.29 is 9.13 Å². The van der Waals surface area contributed by atoms with Crippen LogP contribution in [0, 0.1) is 6.92 Å². The van der Waals surface area contributed by atoms with Gasteiger partial charge in [-0.15, -0.1) is 0 Å². The molecule has 0 aliphatic rings. The molecule has 0 saturated carbocycles. The van der Waals surface area contributed by atoms with Crippen molar-refractivity contribution in [2.75, 3.05) is 6.61 Å². The Morgan fingerprint density at radius 2 is 1.86 bits per heavy atom. The molecule has 0 saturated heterocycles. The van der Waals surface area contributed by atoms with Gasteiger partial charge >= 0.3 is 0 Å². The highest BCUT2D eigenvalue weighted by molar-refractivity contribution is 9.25. The Kier molecular flexibility index (Phi) is 4.54. The van der Waals surface area contributed by atoms with Crippen molar-refractivity contribution in [3.05, 3.63) is 35.4 Å². The molecule has 14 heavy (non-hydrogen) atoms. The lowest BCUT2D eigenvalue weighted by atomic mass is 10.2. The van der Waals surface area contributed by atoms with E-state index in [-0.39, 0.29) is 6.61 Å². The maximum Gasteiger partial charge on any atom is 0.241 e. The first-order chi connectivity index (χ1) is 6.47. The molecule has 0 heterocycles. The monoisotopic (exact) mass is 324 g/mol. The Bertz CT molecular complexity index is 279. The Labute approximate surface area is 99.9 Å². The molecule has 1 nitrogen and oxygen atoms in total. The van der Waals surface area contributed by atoms with E-state index in [9.17, 15) is 4.39 Å². The smallest absolute Gasteiger partial charge is 0.241 e. The molecule has 0 aliphatic carbocycles. The molecular formula is C10H11Br2FO. The molecule has 0 amide bonds. The quantitative estimate of drug-likeness (QED) is 0.762. The van der Waals surface area contributed by atoms with Gasteiger partial charge in [-0.3, -0.25) is 0 Å². The third-order valence-electron chi connectivity index (χ3n) is 1.66. The Morgan fingerprint density at radius 3 is 2.36 bits per heavy atom. The van der Waals surface area contributed by atoms with Crippen LogP contribution in [0.2, 0.25) is 0 Å². The molecule has 0 aliphatic heterocycles. The second-order valence-corrected chi connectivity index (χ2v) is 6.67. The number of alkyl halides is 3. The predicted octanol–water partition coefficient (Wildman–Crippen LogP) is 3.92. The van der Waals surface area contributed by atoms with E-state index in [0.717, 1.165) is 5.56 Å². The van der Waals surface area contributed by atoms with Crippen LogP contribution in [-0.2, 0) is 11.3 Å². The van der Waals surface area contributed by atoms with Gasteiger partial charge in [-0.1, -0.05) is 29.8 Å². The fourth-order valence-electron chi connectivity index (χ4n) is 0.969. The topological polar surface area (TPSA) is 9.23 Å². The number of halogens is 3. The number of benzene rings is 1. The van der Waals surface area contributed by atoms with Gasteiger partial charge < -0.3 is 4.74 Å². The zero-order valence-electron chi connectivity index (χ0n) is 7.77. The lowest BCUT2D eigenvalue weighted by Crippen LogP contribution is -2.12. The Hall–Kier alpha value is 0.0700. The summed E-state index contributed by atoms with van der Waals surface area (Å²) in [6.07, 6.45) is 0. The normalized spacial score (nSPS) is 11.7. The van der Waals surface area contributed by atoms with Crippen LogP contribution >= 0.6 is 31.9 Å². The van der Waals surface area contributed by atoms with Crippen LogP contribution in [0.1, 0.15) is 11.1 Å². The minimum atomic E-state index is -1.62. The molecule has 0 aromatic heterocycles. The lowest BCUT2D eigenvalue weighted by Gasteiger charge is -2.10. The summed E-state index contributed by atoms with van der Waals surface area (Å²) in [6.45, 7) is 2.41. The van der Waals surface area contributed by atoms with Gasteiger partial charge in [0.25, 0.3) is 0 Å². The van der Waals surface area contributed by atoms with Crippen LogP contribution in [0.15, 0.2) is 24.3 Å². The van der Waals surface area contributed by atoms with E-state index in [0.29, 0.717) is 6.61 Å². The minimum absolute atomic E-state index is 0.0269. The van der Waals surface area contributed by atoms with Crippen molar-refractivity contribution in [2.24, 2.45) is 0 Å². The van der Waals surface area contributed by atoms with E-state index >= 15 is 0 Å². The van der Waals surface area contributed by atoms with E-state index in [1.165, 1.54) is 5.56 Å². The first-order valence-electron chi connectivity index (χ1n) is 4.17. The van der Waals surface area contributed by atoms with Crippen LogP contribution in [-0.4, -0.2) is 10.1 Å². The molecule has 0 radical (unpaired) electrons.